The van der Waals surface area contributed by atoms with Gasteiger partial charge >= 0.3 is 0 Å². The standard InChI is InChI=1S/C8H16O.C7H12O/c1-3-4-5-6-7-8(2)9;8-7-5-3-1-2-4-6-7/h3-7H2,1-2H3;1-6H2. The Labute approximate surface area is 106 Å². The van der Waals surface area contributed by atoms with Crippen LogP contribution >= 0.6 is 0 Å². The first-order valence-corrected chi connectivity index (χ1v) is 7.18. The molecule has 1 saturated carbocycles. The minimum Gasteiger partial charge on any atom is -0.300 e. The molecular weight excluding hydrogens is 212 g/mol. The maximum Gasteiger partial charge on any atom is 0.132 e. The molecule has 0 amide bonds. The van der Waals surface area contributed by atoms with Gasteiger partial charge in [0.05, 0.1) is 0 Å². The fraction of sp³-hybridized carbons (Fsp3) is 0.867. The third-order valence-corrected chi connectivity index (χ3v) is 3.04. The minimum atomic E-state index is 0.325. The molecule has 17 heavy (non-hydrogen) atoms. The van der Waals surface area contributed by atoms with Crippen molar-refractivity contribution in [3.8, 4) is 0 Å². The van der Waals surface area contributed by atoms with Crippen LogP contribution in [0.15, 0.2) is 0 Å². The molecule has 0 saturated heterocycles. The highest BCUT2D eigenvalue weighted by atomic mass is 16.1. The summed E-state index contributed by atoms with van der Waals surface area (Å²) in [6.07, 6.45) is 12.1. The monoisotopic (exact) mass is 240 g/mol. The first-order chi connectivity index (χ1) is 8.16. The molecule has 0 heterocycles. The van der Waals surface area contributed by atoms with Gasteiger partial charge in [-0.3, -0.25) is 4.79 Å². The van der Waals surface area contributed by atoms with Crippen molar-refractivity contribution < 1.29 is 9.59 Å². The number of hydrogen-bond acceptors (Lipinski definition) is 2. The predicted molar refractivity (Wildman–Crippen MR) is 72.1 cm³/mol. The molecule has 0 radical (unpaired) electrons. The third-order valence-electron chi connectivity index (χ3n) is 3.04. The Morgan fingerprint density at radius 3 is 2.06 bits per heavy atom. The highest BCUT2D eigenvalue weighted by molar-refractivity contribution is 5.78. The second-order valence-electron chi connectivity index (χ2n) is 4.97. The van der Waals surface area contributed by atoms with E-state index in [0.29, 0.717) is 11.6 Å². The Balaban J connectivity index is 0.000000302. The number of hydrogen-bond donors (Lipinski definition) is 0. The average Bonchev–Trinajstić information content (AvgIpc) is 2.53. The van der Waals surface area contributed by atoms with Crippen LogP contribution in [0.2, 0.25) is 0 Å². The van der Waals surface area contributed by atoms with Gasteiger partial charge in [0, 0.05) is 19.3 Å². The smallest absolute Gasteiger partial charge is 0.132 e. The summed E-state index contributed by atoms with van der Waals surface area (Å²) < 4.78 is 0. The number of unbranched alkanes of at least 4 members (excludes halogenated alkanes) is 3. The molecule has 1 rings (SSSR count). The number of ketones is 2. The molecule has 0 spiro atoms. The second-order valence-corrected chi connectivity index (χ2v) is 4.97. The lowest BCUT2D eigenvalue weighted by Gasteiger charge is -1.93. The molecule has 0 aromatic heterocycles. The van der Waals surface area contributed by atoms with Crippen LogP contribution in [0.1, 0.15) is 84.5 Å². The molecular formula is C15H28O2. The van der Waals surface area contributed by atoms with Crippen molar-refractivity contribution in [1.82, 2.24) is 0 Å². The van der Waals surface area contributed by atoms with E-state index < -0.39 is 0 Å². The van der Waals surface area contributed by atoms with Crippen LogP contribution in [0.3, 0.4) is 0 Å². The van der Waals surface area contributed by atoms with Crippen molar-refractivity contribution >= 4 is 11.6 Å². The van der Waals surface area contributed by atoms with Crippen LogP contribution in [0.25, 0.3) is 0 Å². The first kappa shape index (κ1) is 16.3. The number of carbonyl (C=O) groups excluding carboxylic acids is 2. The van der Waals surface area contributed by atoms with Gasteiger partial charge in [0.2, 0.25) is 0 Å². The van der Waals surface area contributed by atoms with E-state index >= 15 is 0 Å². The van der Waals surface area contributed by atoms with Crippen molar-refractivity contribution in [2.24, 2.45) is 0 Å². The van der Waals surface area contributed by atoms with Crippen LogP contribution in [-0.2, 0) is 9.59 Å². The maximum atomic E-state index is 10.7. The summed E-state index contributed by atoms with van der Waals surface area (Å²) in [5, 5.41) is 0. The molecule has 0 N–H and O–H groups in total. The minimum absolute atomic E-state index is 0.325. The Kier molecular flexibility index (Phi) is 11.4. The van der Waals surface area contributed by atoms with Gasteiger partial charge in [-0.2, -0.15) is 0 Å². The van der Waals surface area contributed by atoms with Crippen molar-refractivity contribution in [3.63, 3.8) is 0 Å². The molecule has 100 valence electrons. The van der Waals surface area contributed by atoms with Gasteiger partial charge in [0.1, 0.15) is 11.6 Å². The Bertz CT molecular complexity index is 199. The summed E-state index contributed by atoms with van der Waals surface area (Å²) in [5.74, 6) is 0.800. The summed E-state index contributed by atoms with van der Waals surface area (Å²) in [5.41, 5.74) is 0. The van der Waals surface area contributed by atoms with Crippen LogP contribution in [0.4, 0.5) is 0 Å². The molecule has 1 aliphatic rings. The van der Waals surface area contributed by atoms with E-state index in [0.717, 1.165) is 38.5 Å². The Morgan fingerprint density at radius 2 is 1.59 bits per heavy atom. The predicted octanol–water partition coefficient (Wildman–Crippen LogP) is 4.46. The summed E-state index contributed by atoms with van der Waals surface area (Å²) in [7, 11) is 0. The molecule has 0 atom stereocenters. The lowest BCUT2D eigenvalue weighted by atomic mass is 10.1. The Morgan fingerprint density at radius 1 is 1.00 bits per heavy atom. The summed E-state index contributed by atoms with van der Waals surface area (Å²) in [6, 6.07) is 0. The van der Waals surface area contributed by atoms with Gasteiger partial charge in [-0.25, -0.2) is 0 Å². The molecule has 1 fully saturated rings. The van der Waals surface area contributed by atoms with E-state index in [1.807, 2.05) is 0 Å². The number of carbonyl (C=O) groups is 2. The largest absolute Gasteiger partial charge is 0.300 e. The van der Waals surface area contributed by atoms with Gasteiger partial charge in [-0.1, -0.05) is 39.0 Å². The summed E-state index contributed by atoms with van der Waals surface area (Å²) in [4.78, 5) is 21.1. The van der Waals surface area contributed by atoms with E-state index in [2.05, 4.69) is 6.92 Å². The molecule has 0 aromatic carbocycles. The lowest BCUT2D eigenvalue weighted by molar-refractivity contribution is -0.119. The van der Waals surface area contributed by atoms with Crippen molar-refractivity contribution in [2.45, 2.75) is 84.5 Å². The molecule has 2 nitrogen and oxygen atoms in total. The van der Waals surface area contributed by atoms with E-state index in [-0.39, 0.29) is 0 Å². The SMILES string of the molecule is CCCCCCC(C)=O.O=C1CCCCCC1. The topological polar surface area (TPSA) is 34.1 Å². The molecule has 0 bridgehead atoms. The highest BCUT2D eigenvalue weighted by Gasteiger charge is 2.04. The molecule has 0 aromatic rings. The van der Waals surface area contributed by atoms with Crippen LogP contribution in [-0.4, -0.2) is 11.6 Å². The van der Waals surface area contributed by atoms with Gasteiger partial charge in [0.15, 0.2) is 0 Å². The Hall–Kier alpha value is -0.660. The third kappa shape index (κ3) is 13.3. The van der Waals surface area contributed by atoms with E-state index in [4.69, 9.17) is 0 Å². The zero-order valence-corrected chi connectivity index (χ0v) is 11.6. The summed E-state index contributed by atoms with van der Waals surface area (Å²) in [6.45, 7) is 3.83. The van der Waals surface area contributed by atoms with Crippen molar-refractivity contribution in [1.29, 1.82) is 0 Å². The molecule has 2 heteroatoms. The average molecular weight is 240 g/mol. The highest BCUT2D eigenvalue weighted by Crippen LogP contribution is 2.12. The van der Waals surface area contributed by atoms with E-state index in [1.54, 1.807) is 6.92 Å². The second kappa shape index (κ2) is 11.8. The maximum absolute atomic E-state index is 10.7. The van der Waals surface area contributed by atoms with Crippen LogP contribution in [0.5, 0.6) is 0 Å². The van der Waals surface area contributed by atoms with E-state index in [9.17, 15) is 9.59 Å². The zero-order valence-electron chi connectivity index (χ0n) is 11.6. The molecule has 0 unspecified atom stereocenters. The fourth-order valence-corrected chi connectivity index (χ4v) is 1.92. The van der Waals surface area contributed by atoms with Gasteiger partial charge in [-0.15, -0.1) is 0 Å². The normalized spacial score (nSPS) is 15.8. The van der Waals surface area contributed by atoms with Crippen LogP contribution < -0.4 is 0 Å². The van der Waals surface area contributed by atoms with E-state index in [1.165, 1.54) is 32.1 Å². The number of rotatable bonds is 5. The van der Waals surface area contributed by atoms with Gasteiger partial charge in [0.25, 0.3) is 0 Å². The summed E-state index contributed by atoms with van der Waals surface area (Å²) >= 11 is 0. The van der Waals surface area contributed by atoms with Crippen LogP contribution in [0, 0.1) is 0 Å². The first-order valence-electron chi connectivity index (χ1n) is 7.18. The molecule has 0 aliphatic heterocycles. The van der Waals surface area contributed by atoms with Crippen molar-refractivity contribution in [3.05, 3.63) is 0 Å². The number of Topliss-reactive ketones (excluding diaryl/α,β-unsaturated/α-hetero) is 2. The quantitative estimate of drug-likeness (QED) is 0.525. The zero-order chi connectivity index (χ0) is 12.9. The van der Waals surface area contributed by atoms with Crippen molar-refractivity contribution in [2.75, 3.05) is 0 Å². The molecule has 1 aliphatic carbocycles. The lowest BCUT2D eigenvalue weighted by Crippen LogP contribution is -1.91. The van der Waals surface area contributed by atoms with Gasteiger partial charge < -0.3 is 4.79 Å². The fourth-order valence-electron chi connectivity index (χ4n) is 1.92. The van der Waals surface area contributed by atoms with Gasteiger partial charge in [-0.05, 0) is 26.2 Å².